The topological polar surface area (TPSA) is 36.9 Å². The normalized spacial score (nSPS) is 23.4. The fourth-order valence-corrected chi connectivity index (χ4v) is 3.75. The fraction of sp³-hybridized carbons (Fsp3) is 0.524. The van der Waals surface area contributed by atoms with Crippen molar-refractivity contribution in [3.63, 3.8) is 0 Å². The van der Waals surface area contributed by atoms with E-state index in [0.29, 0.717) is 6.61 Å². The molecule has 0 unspecified atom stereocenters. The first kappa shape index (κ1) is 20.7. The Bertz CT molecular complexity index is 616. The molecule has 1 aromatic rings. The Labute approximate surface area is 158 Å². The average Bonchev–Trinajstić information content (AvgIpc) is 2.59. The van der Waals surface area contributed by atoms with E-state index in [-0.39, 0.29) is 23.4 Å². The van der Waals surface area contributed by atoms with Gasteiger partial charge in [-0.3, -0.25) is 0 Å². The van der Waals surface area contributed by atoms with Crippen molar-refractivity contribution < 1.29 is 18.6 Å². The van der Waals surface area contributed by atoms with Gasteiger partial charge >= 0.3 is 0 Å². The highest BCUT2D eigenvalue weighted by Gasteiger charge is 2.42. The van der Waals surface area contributed by atoms with E-state index in [1.807, 2.05) is 30.3 Å². The molecule has 0 bridgehead atoms. The quantitative estimate of drug-likeness (QED) is 0.492. The van der Waals surface area contributed by atoms with Crippen LogP contribution < -0.4 is 4.74 Å². The molecule has 0 fully saturated rings. The lowest BCUT2D eigenvalue weighted by molar-refractivity contribution is -0.0882. The lowest BCUT2D eigenvalue weighted by Crippen LogP contribution is -2.51. The maximum absolute atomic E-state index is 6.59. The van der Waals surface area contributed by atoms with Gasteiger partial charge in [0.1, 0.15) is 18.0 Å². The molecular formula is C21H32O4Si. The SMILES string of the molecule is C=C[C@H]1OC=C[C@@H](O[Si](C)(C)C(C)(C)C)[C@@H]1OCc1ccc(OC)cc1. The summed E-state index contributed by atoms with van der Waals surface area (Å²) in [6, 6.07) is 7.88. The predicted octanol–water partition coefficient (Wildman–Crippen LogP) is 5.07. The van der Waals surface area contributed by atoms with Gasteiger partial charge in [0.25, 0.3) is 0 Å². The number of methoxy groups -OCH3 is 1. The van der Waals surface area contributed by atoms with Crippen LogP contribution in [-0.4, -0.2) is 33.7 Å². The number of hydrogen-bond donors (Lipinski definition) is 0. The molecule has 0 saturated carbocycles. The van der Waals surface area contributed by atoms with Crippen LogP contribution in [0, 0.1) is 0 Å². The van der Waals surface area contributed by atoms with Gasteiger partial charge in [0.05, 0.1) is 26.1 Å². The van der Waals surface area contributed by atoms with Crippen LogP contribution in [0.2, 0.25) is 18.1 Å². The maximum Gasteiger partial charge on any atom is 0.193 e. The second-order valence-corrected chi connectivity index (χ2v) is 12.9. The van der Waals surface area contributed by atoms with Gasteiger partial charge in [-0.15, -0.1) is 0 Å². The molecule has 2 rings (SSSR count). The molecule has 0 aromatic heterocycles. The van der Waals surface area contributed by atoms with Crippen LogP contribution in [0.3, 0.4) is 0 Å². The molecule has 1 aliphatic rings. The molecule has 1 heterocycles. The van der Waals surface area contributed by atoms with Gasteiger partial charge in [-0.05, 0) is 48.0 Å². The first-order valence-corrected chi connectivity index (χ1v) is 12.0. The summed E-state index contributed by atoms with van der Waals surface area (Å²) in [5, 5.41) is 0.128. The third-order valence-electron chi connectivity index (χ3n) is 5.22. The average molecular weight is 377 g/mol. The summed E-state index contributed by atoms with van der Waals surface area (Å²) in [5.74, 6) is 0.834. The number of hydrogen-bond acceptors (Lipinski definition) is 4. The third-order valence-corrected chi connectivity index (χ3v) is 9.70. The van der Waals surface area contributed by atoms with E-state index in [0.717, 1.165) is 11.3 Å². The fourth-order valence-electron chi connectivity index (χ4n) is 2.50. The highest BCUT2D eigenvalue weighted by atomic mass is 28.4. The summed E-state index contributed by atoms with van der Waals surface area (Å²) in [5.41, 5.74) is 1.08. The van der Waals surface area contributed by atoms with Crippen LogP contribution in [-0.2, 0) is 20.5 Å². The van der Waals surface area contributed by atoms with Crippen LogP contribution in [0.5, 0.6) is 5.75 Å². The van der Waals surface area contributed by atoms with Crippen molar-refractivity contribution >= 4 is 8.32 Å². The highest BCUT2D eigenvalue weighted by Crippen LogP contribution is 2.38. The van der Waals surface area contributed by atoms with Crippen molar-refractivity contribution in [2.45, 2.75) is 63.8 Å². The van der Waals surface area contributed by atoms with Crippen LogP contribution in [0.4, 0.5) is 0 Å². The summed E-state index contributed by atoms with van der Waals surface area (Å²) in [7, 11) is -0.273. The molecule has 0 radical (unpaired) electrons. The van der Waals surface area contributed by atoms with Crippen LogP contribution in [0.1, 0.15) is 26.3 Å². The van der Waals surface area contributed by atoms with Gasteiger partial charge in [0, 0.05) is 0 Å². The first-order valence-electron chi connectivity index (χ1n) is 9.05. The predicted molar refractivity (Wildman–Crippen MR) is 108 cm³/mol. The molecule has 4 nitrogen and oxygen atoms in total. The molecule has 0 aliphatic carbocycles. The molecular weight excluding hydrogens is 344 g/mol. The van der Waals surface area contributed by atoms with E-state index >= 15 is 0 Å². The summed E-state index contributed by atoms with van der Waals surface area (Å²) in [6.07, 6.45) is 4.84. The minimum absolute atomic E-state index is 0.128. The Morgan fingerprint density at radius 2 is 1.85 bits per heavy atom. The van der Waals surface area contributed by atoms with E-state index in [1.165, 1.54) is 0 Å². The Morgan fingerprint density at radius 3 is 2.38 bits per heavy atom. The van der Waals surface area contributed by atoms with Crippen molar-refractivity contribution in [1.82, 2.24) is 0 Å². The Kier molecular flexibility index (Phi) is 6.72. The minimum atomic E-state index is -1.93. The van der Waals surface area contributed by atoms with Crippen LogP contribution in [0.25, 0.3) is 0 Å². The molecule has 0 amide bonds. The monoisotopic (exact) mass is 376 g/mol. The number of ether oxygens (including phenoxy) is 3. The van der Waals surface area contributed by atoms with E-state index in [9.17, 15) is 0 Å². The number of benzene rings is 1. The van der Waals surface area contributed by atoms with Gasteiger partial charge in [0.2, 0.25) is 0 Å². The van der Waals surface area contributed by atoms with E-state index < -0.39 is 8.32 Å². The molecule has 0 N–H and O–H groups in total. The van der Waals surface area contributed by atoms with E-state index in [1.54, 1.807) is 19.4 Å². The Hall–Kier alpha value is -1.56. The van der Waals surface area contributed by atoms with Crippen molar-refractivity contribution in [3.8, 4) is 5.75 Å². The molecule has 5 heteroatoms. The molecule has 3 atom stereocenters. The van der Waals surface area contributed by atoms with Crippen molar-refractivity contribution in [2.75, 3.05) is 7.11 Å². The largest absolute Gasteiger partial charge is 0.497 e. The lowest BCUT2D eigenvalue weighted by Gasteiger charge is -2.42. The van der Waals surface area contributed by atoms with E-state index in [2.05, 4.69) is 40.4 Å². The zero-order valence-electron chi connectivity index (χ0n) is 16.8. The van der Waals surface area contributed by atoms with Gasteiger partial charge in [0.15, 0.2) is 8.32 Å². The van der Waals surface area contributed by atoms with Crippen LogP contribution >= 0.6 is 0 Å². The molecule has 1 aromatic carbocycles. The first-order chi connectivity index (χ1) is 12.2. The summed E-state index contributed by atoms with van der Waals surface area (Å²) in [6.45, 7) is 15.6. The standard InChI is InChI=1S/C21H32O4Si/c1-8-18-20(24-15-16-9-11-17(22-5)12-10-16)19(13-14-23-18)25-26(6,7)21(2,3)4/h8-14,18-20H,1,15H2,2-7H3/t18-,19-,20-/m1/s1. The summed E-state index contributed by atoms with van der Waals surface area (Å²) >= 11 is 0. The van der Waals surface area contributed by atoms with Crippen LogP contribution in [0.15, 0.2) is 49.3 Å². The van der Waals surface area contributed by atoms with Crippen molar-refractivity contribution in [1.29, 1.82) is 0 Å². The minimum Gasteiger partial charge on any atom is -0.497 e. The Balaban J connectivity index is 2.11. The van der Waals surface area contributed by atoms with Gasteiger partial charge in [-0.1, -0.05) is 39.5 Å². The number of rotatable bonds is 7. The second kappa shape index (κ2) is 8.42. The second-order valence-electron chi connectivity index (χ2n) is 8.13. The molecule has 1 aliphatic heterocycles. The molecule has 26 heavy (non-hydrogen) atoms. The highest BCUT2D eigenvalue weighted by molar-refractivity contribution is 6.74. The summed E-state index contributed by atoms with van der Waals surface area (Å²) in [4.78, 5) is 0. The Morgan fingerprint density at radius 1 is 1.19 bits per heavy atom. The van der Waals surface area contributed by atoms with Crippen molar-refractivity contribution in [3.05, 3.63) is 54.8 Å². The molecule has 144 valence electrons. The van der Waals surface area contributed by atoms with E-state index in [4.69, 9.17) is 18.6 Å². The smallest absolute Gasteiger partial charge is 0.193 e. The van der Waals surface area contributed by atoms with Gasteiger partial charge in [-0.25, -0.2) is 0 Å². The molecule has 0 saturated heterocycles. The van der Waals surface area contributed by atoms with Gasteiger partial charge in [-0.2, -0.15) is 0 Å². The lowest BCUT2D eigenvalue weighted by atomic mass is 10.1. The van der Waals surface area contributed by atoms with Gasteiger partial charge < -0.3 is 18.6 Å². The third kappa shape index (κ3) is 4.99. The maximum atomic E-state index is 6.59. The zero-order valence-corrected chi connectivity index (χ0v) is 17.8. The molecule has 0 spiro atoms. The summed E-state index contributed by atoms with van der Waals surface area (Å²) < 4.78 is 23.7. The zero-order chi connectivity index (χ0) is 19.4. The van der Waals surface area contributed by atoms with Crippen molar-refractivity contribution in [2.24, 2.45) is 0 Å².